The maximum atomic E-state index is 12.4. The van der Waals surface area contributed by atoms with E-state index in [1.165, 1.54) is 0 Å². The van der Waals surface area contributed by atoms with E-state index in [9.17, 15) is 4.79 Å². The summed E-state index contributed by atoms with van der Waals surface area (Å²) in [7, 11) is 0. The Hall–Kier alpha value is -3.09. The highest BCUT2D eigenvalue weighted by molar-refractivity contribution is 5.74. The zero-order valence-corrected chi connectivity index (χ0v) is 16.5. The molecular weight excluding hydrogens is 352 g/mol. The molecule has 2 amide bonds. The van der Waals surface area contributed by atoms with Crippen molar-refractivity contribution in [3.05, 3.63) is 59.6 Å². The van der Waals surface area contributed by atoms with E-state index in [1.807, 2.05) is 39.0 Å². The number of nitrogens with one attached hydrogen (secondary N) is 3. The van der Waals surface area contributed by atoms with Gasteiger partial charge in [0.2, 0.25) is 0 Å². The number of H-pyrrole nitrogens is 1. The van der Waals surface area contributed by atoms with Gasteiger partial charge in [0.05, 0.1) is 17.4 Å². The van der Waals surface area contributed by atoms with Crippen LogP contribution in [-0.2, 0) is 13.0 Å². The third-order valence-corrected chi connectivity index (χ3v) is 5.30. The van der Waals surface area contributed by atoms with Gasteiger partial charge < -0.3 is 20.2 Å². The van der Waals surface area contributed by atoms with E-state index >= 15 is 0 Å². The lowest BCUT2D eigenvalue weighted by Gasteiger charge is -2.25. The van der Waals surface area contributed by atoms with E-state index in [2.05, 4.69) is 43.5 Å². The highest BCUT2D eigenvalue weighted by Gasteiger charge is 2.23. The fourth-order valence-electron chi connectivity index (χ4n) is 3.58. The molecule has 146 valence electrons. The molecule has 4 rings (SSSR count). The van der Waals surface area contributed by atoms with Crippen molar-refractivity contribution < 1.29 is 4.79 Å². The van der Waals surface area contributed by atoms with Gasteiger partial charge in [0.25, 0.3) is 0 Å². The molecule has 1 aliphatic heterocycles. The number of rotatable bonds is 4. The number of aromatic amines is 1. The third kappa shape index (κ3) is 3.78. The molecule has 1 aliphatic rings. The molecule has 7 heteroatoms. The van der Waals surface area contributed by atoms with Gasteiger partial charge in [-0.1, -0.05) is 30.3 Å². The van der Waals surface area contributed by atoms with Gasteiger partial charge in [0, 0.05) is 36.5 Å². The summed E-state index contributed by atoms with van der Waals surface area (Å²) >= 11 is 0. The first kappa shape index (κ1) is 18.3. The second-order valence-electron chi connectivity index (χ2n) is 7.47. The second kappa shape index (κ2) is 7.50. The van der Waals surface area contributed by atoms with Gasteiger partial charge in [-0.05, 0) is 27.2 Å². The Balaban J connectivity index is 1.37. The van der Waals surface area contributed by atoms with Crippen LogP contribution in [0.3, 0.4) is 0 Å². The van der Waals surface area contributed by atoms with E-state index in [0.717, 1.165) is 53.7 Å². The van der Waals surface area contributed by atoms with Crippen molar-refractivity contribution >= 4 is 6.03 Å². The van der Waals surface area contributed by atoms with Gasteiger partial charge in [-0.25, -0.2) is 14.8 Å². The number of carbonyl (C=O) groups is 1. The van der Waals surface area contributed by atoms with Crippen LogP contribution in [0.2, 0.25) is 0 Å². The minimum absolute atomic E-state index is 0.0811. The van der Waals surface area contributed by atoms with Crippen LogP contribution in [-0.4, -0.2) is 31.6 Å². The van der Waals surface area contributed by atoms with Gasteiger partial charge >= 0.3 is 6.03 Å². The van der Waals surface area contributed by atoms with Crippen LogP contribution in [0.1, 0.15) is 42.4 Å². The molecule has 2 unspecified atom stereocenters. The molecule has 0 bridgehead atoms. The summed E-state index contributed by atoms with van der Waals surface area (Å²) in [6.07, 6.45) is 3.81. The summed E-state index contributed by atoms with van der Waals surface area (Å²) in [4.78, 5) is 24.9. The van der Waals surface area contributed by atoms with Gasteiger partial charge in [-0.15, -0.1) is 0 Å². The minimum Gasteiger partial charge on any atom is -0.344 e. The number of benzene rings is 1. The van der Waals surface area contributed by atoms with Crippen molar-refractivity contribution in [1.82, 2.24) is 30.2 Å². The highest BCUT2D eigenvalue weighted by Crippen LogP contribution is 2.22. The zero-order chi connectivity index (χ0) is 19.7. The lowest BCUT2D eigenvalue weighted by molar-refractivity contribution is 0.229. The normalized spacial score (nSPS) is 17.0. The number of aromatic nitrogens is 4. The Morgan fingerprint density at radius 1 is 1.25 bits per heavy atom. The number of hydrogen-bond acceptors (Lipinski definition) is 3. The number of amides is 2. The summed E-state index contributed by atoms with van der Waals surface area (Å²) in [5.74, 6) is 1.85. The molecule has 3 heterocycles. The Bertz CT molecular complexity index is 955. The first-order valence-corrected chi connectivity index (χ1v) is 9.71. The zero-order valence-electron chi connectivity index (χ0n) is 16.5. The Morgan fingerprint density at radius 3 is 2.75 bits per heavy atom. The van der Waals surface area contributed by atoms with Gasteiger partial charge in [0.15, 0.2) is 0 Å². The van der Waals surface area contributed by atoms with Gasteiger partial charge in [-0.3, -0.25) is 0 Å². The molecule has 0 saturated carbocycles. The van der Waals surface area contributed by atoms with Crippen molar-refractivity contribution in [2.24, 2.45) is 0 Å². The van der Waals surface area contributed by atoms with Crippen LogP contribution >= 0.6 is 0 Å². The van der Waals surface area contributed by atoms with Crippen LogP contribution < -0.4 is 10.6 Å². The number of carbonyl (C=O) groups excluding carboxylic acids is 1. The number of hydrogen-bond donors (Lipinski definition) is 3. The number of fused-ring (bicyclic) bond motifs is 1. The van der Waals surface area contributed by atoms with Crippen LogP contribution in [0, 0.1) is 13.8 Å². The molecule has 2 aromatic heterocycles. The largest absolute Gasteiger partial charge is 0.344 e. The smallest absolute Gasteiger partial charge is 0.315 e. The molecule has 0 spiro atoms. The average molecular weight is 378 g/mol. The molecule has 2 atom stereocenters. The van der Waals surface area contributed by atoms with Crippen molar-refractivity contribution in [2.45, 2.75) is 52.2 Å². The number of urea groups is 1. The van der Waals surface area contributed by atoms with Crippen molar-refractivity contribution in [3.8, 4) is 11.3 Å². The fourth-order valence-corrected chi connectivity index (χ4v) is 3.58. The van der Waals surface area contributed by atoms with E-state index < -0.39 is 0 Å². The molecule has 1 aromatic carbocycles. The molecule has 0 aliphatic carbocycles. The van der Waals surface area contributed by atoms with Crippen LogP contribution in [0.25, 0.3) is 11.3 Å². The molecule has 0 saturated heterocycles. The maximum Gasteiger partial charge on any atom is 0.315 e. The molecule has 0 fully saturated rings. The van der Waals surface area contributed by atoms with Crippen molar-refractivity contribution in [3.63, 3.8) is 0 Å². The Kier molecular flexibility index (Phi) is 4.90. The molecule has 0 radical (unpaired) electrons. The summed E-state index contributed by atoms with van der Waals surface area (Å²) in [5.41, 5.74) is 4.08. The van der Waals surface area contributed by atoms with E-state index in [1.54, 1.807) is 0 Å². The molecule has 3 aromatic rings. The highest BCUT2D eigenvalue weighted by atomic mass is 16.2. The molecule has 3 N–H and O–H groups in total. The summed E-state index contributed by atoms with van der Waals surface area (Å²) < 4.78 is 2.15. The van der Waals surface area contributed by atoms with Gasteiger partial charge in [-0.2, -0.15) is 0 Å². The molecular formula is C21H26N6O. The second-order valence-corrected chi connectivity index (χ2v) is 7.47. The third-order valence-electron chi connectivity index (χ3n) is 5.30. The predicted molar refractivity (Wildman–Crippen MR) is 108 cm³/mol. The van der Waals surface area contributed by atoms with Crippen LogP contribution in [0.15, 0.2) is 36.5 Å². The first-order valence-electron chi connectivity index (χ1n) is 9.71. The Morgan fingerprint density at radius 2 is 2.04 bits per heavy atom. The molecule has 28 heavy (non-hydrogen) atoms. The Labute approximate surface area is 164 Å². The topological polar surface area (TPSA) is 87.6 Å². The number of imidazole rings is 2. The van der Waals surface area contributed by atoms with Crippen LogP contribution in [0.4, 0.5) is 4.79 Å². The van der Waals surface area contributed by atoms with Crippen molar-refractivity contribution in [2.75, 3.05) is 0 Å². The number of nitrogens with zero attached hydrogens (tertiary/aromatic N) is 3. The monoisotopic (exact) mass is 378 g/mol. The lowest BCUT2D eigenvalue weighted by Crippen LogP contribution is -2.46. The van der Waals surface area contributed by atoms with E-state index in [0.29, 0.717) is 0 Å². The standard InChI is InChI=1S/C21H26N6O/c1-13-14(2)23-20(22-13)15(3)24-21(28)25-17-9-10-19-26-18(12-27(19)11-17)16-7-5-4-6-8-16/h4-8,12,15,17H,9-11H2,1-3H3,(H,22,23)(H2,24,25,28). The van der Waals surface area contributed by atoms with E-state index in [4.69, 9.17) is 4.98 Å². The fraction of sp³-hybridized carbons (Fsp3) is 0.381. The lowest BCUT2D eigenvalue weighted by atomic mass is 10.1. The summed E-state index contributed by atoms with van der Waals surface area (Å²) in [5, 5.41) is 6.06. The number of aryl methyl sites for hydroxylation is 3. The summed E-state index contributed by atoms with van der Waals surface area (Å²) in [6, 6.07) is 9.91. The van der Waals surface area contributed by atoms with Crippen LogP contribution in [0.5, 0.6) is 0 Å². The molecule has 7 nitrogen and oxygen atoms in total. The van der Waals surface area contributed by atoms with E-state index in [-0.39, 0.29) is 18.1 Å². The van der Waals surface area contributed by atoms with Crippen molar-refractivity contribution in [1.29, 1.82) is 0 Å². The maximum absolute atomic E-state index is 12.4. The first-order chi connectivity index (χ1) is 13.5. The predicted octanol–water partition coefficient (Wildman–Crippen LogP) is 3.27. The SMILES string of the molecule is Cc1nc(C(C)NC(=O)NC2CCc3nc(-c4ccccc4)cn3C2)[nH]c1C. The quantitative estimate of drug-likeness (QED) is 0.651. The minimum atomic E-state index is -0.176. The van der Waals surface area contributed by atoms with Gasteiger partial charge in [0.1, 0.15) is 11.6 Å². The summed E-state index contributed by atoms with van der Waals surface area (Å²) in [6.45, 7) is 6.60. The average Bonchev–Trinajstić information content (AvgIpc) is 3.25.